The molecule has 0 bridgehead atoms. The van der Waals surface area contributed by atoms with Crippen LogP contribution in [-0.4, -0.2) is 46.3 Å². The van der Waals surface area contributed by atoms with Crippen molar-refractivity contribution in [2.75, 3.05) is 20.3 Å². The molecule has 0 aliphatic heterocycles. The molecule has 0 fully saturated rings. The van der Waals surface area contributed by atoms with Gasteiger partial charge in [0.2, 0.25) is 0 Å². The molecule has 0 atom stereocenters. The number of methoxy groups -OCH3 is 1. The van der Waals surface area contributed by atoms with Gasteiger partial charge in [0.25, 0.3) is 0 Å². The molecule has 3 rings (SSSR count). The number of para-hydroxylation sites is 1. The molecule has 0 amide bonds. The van der Waals surface area contributed by atoms with Gasteiger partial charge in [-0.1, -0.05) is 12.1 Å². The van der Waals surface area contributed by atoms with Crippen molar-refractivity contribution in [3.8, 4) is 34.6 Å². The molecular formula is C20H23N3O4. The molecule has 0 spiro atoms. The Kier molecular flexibility index (Phi) is 5.93. The zero-order valence-corrected chi connectivity index (χ0v) is 15.6. The van der Waals surface area contributed by atoms with E-state index >= 15 is 0 Å². The molecule has 2 aromatic carbocycles. The predicted octanol–water partition coefficient (Wildman–Crippen LogP) is 3.10. The number of hydrogen-bond acceptors (Lipinski definition) is 6. The SMILES string of the molecule is COc1ccc(-n2nc(OC(C)C)nc2-c2ccccc2OCCO)cc1. The number of ether oxygens (including phenoxy) is 3. The van der Waals surface area contributed by atoms with Crippen LogP contribution in [0.1, 0.15) is 13.8 Å². The lowest BCUT2D eigenvalue weighted by Crippen LogP contribution is -2.07. The Morgan fingerprint density at radius 2 is 1.81 bits per heavy atom. The van der Waals surface area contributed by atoms with E-state index in [4.69, 9.17) is 19.3 Å². The normalized spacial score (nSPS) is 10.9. The largest absolute Gasteiger partial charge is 0.497 e. The van der Waals surface area contributed by atoms with Gasteiger partial charge < -0.3 is 19.3 Å². The summed E-state index contributed by atoms with van der Waals surface area (Å²) in [5.41, 5.74) is 1.57. The Hall–Kier alpha value is -3.06. The van der Waals surface area contributed by atoms with E-state index in [2.05, 4.69) is 10.1 Å². The molecule has 27 heavy (non-hydrogen) atoms. The number of aliphatic hydroxyl groups excluding tert-OH is 1. The first-order valence-corrected chi connectivity index (χ1v) is 8.73. The summed E-state index contributed by atoms with van der Waals surface area (Å²) in [6.07, 6.45) is -0.0505. The Morgan fingerprint density at radius 1 is 1.07 bits per heavy atom. The highest BCUT2D eigenvalue weighted by Gasteiger charge is 2.18. The van der Waals surface area contributed by atoms with E-state index in [-0.39, 0.29) is 25.3 Å². The van der Waals surface area contributed by atoms with E-state index in [0.717, 1.165) is 17.0 Å². The highest BCUT2D eigenvalue weighted by molar-refractivity contribution is 5.66. The van der Waals surface area contributed by atoms with Crippen LogP contribution in [-0.2, 0) is 0 Å². The summed E-state index contributed by atoms with van der Waals surface area (Å²) >= 11 is 0. The van der Waals surface area contributed by atoms with Crippen molar-refractivity contribution >= 4 is 0 Å². The Balaban J connectivity index is 2.09. The van der Waals surface area contributed by atoms with Gasteiger partial charge >= 0.3 is 6.01 Å². The number of aliphatic hydroxyl groups is 1. The lowest BCUT2D eigenvalue weighted by Gasteiger charge is -2.11. The average Bonchev–Trinajstić information content (AvgIpc) is 3.09. The van der Waals surface area contributed by atoms with Crippen molar-refractivity contribution in [2.45, 2.75) is 20.0 Å². The van der Waals surface area contributed by atoms with Crippen molar-refractivity contribution in [1.29, 1.82) is 0 Å². The summed E-state index contributed by atoms with van der Waals surface area (Å²) in [4.78, 5) is 4.56. The highest BCUT2D eigenvalue weighted by Crippen LogP contribution is 2.32. The molecule has 7 heteroatoms. The second kappa shape index (κ2) is 8.55. The van der Waals surface area contributed by atoms with Gasteiger partial charge in [0.1, 0.15) is 18.1 Å². The zero-order valence-electron chi connectivity index (χ0n) is 15.6. The third-order valence-electron chi connectivity index (χ3n) is 3.72. The molecule has 0 unspecified atom stereocenters. The molecule has 3 aromatic rings. The Labute approximate surface area is 158 Å². The van der Waals surface area contributed by atoms with Crippen molar-refractivity contribution in [1.82, 2.24) is 14.8 Å². The average molecular weight is 369 g/mol. The maximum Gasteiger partial charge on any atom is 0.336 e. The molecule has 7 nitrogen and oxygen atoms in total. The smallest absolute Gasteiger partial charge is 0.336 e. The molecule has 0 aliphatic carbocycles. The summed E-state index contributed by atoms with van der Waals surface area (Å²) < 4.78 is 18.3. The van der Waals surface area contributed by atoms with Crippen LogP contribution in [0, 0.1) is 0 Å². The van der Waals surface area contributed by atoms with E-state index < -0.39 is 0 Å². The van der Waals surface area contributed by atoms with Gasteiger partial charge in [0.05, 0.1) is 31.1 Å². The van der Waals surface area contributed by atoms with Gasteiger partial charge in [-0.2, -0.15) is 4.98 Å². The molecule has 1 aromatic heterocycles. The molecule has 0 radical (unpaired) electrons. The van der Waals surface area contributed by atoms with Gasteiger partial charge in [-0.25, -0.2) is 4.68 Å². The van der Waals surface area contributed by atoms with E-state index in [9.17, 15) is 0 Å². The molecular weight excluding hydrogens is 346 g/mol. The first kappa shape index (κ1) is 18.7. The van der Waals surface area contributed by atoms with Gasteiger partial charge in [0.15, 0.2) is 5.82 Å². The topological polar surface area (TPSA) is 78.6 Å². The summed E-state index contributed by atoms with van der Waals surface area (Å²) in [6, 6.07) is 15.3. The lowest BCUT2D eigenvalue weighted by molar-refractivity contribution is 0.202. The fraction of sp³-hybridized carbons (Fsp3) is 0.300. The lowest BCUT2D eigenvalue weighted by atomic mass is 10.2. The Morgan fingerprint density at radius 3 is 2.48 bits per heavy atom. The zero-order chi connectivity index (χ0) is 19.2. The van der Waals surface area contributed by atoms with Crippen LogP contribution in [0.5, 0.6) is 17.5 Å². The van der Waals surface area contributed by atoms with Crippen LogP contribution in [0.25, 0.3) is 17.1 Å². The van der Waals surface area contributed by atoms with E-state index in [1.54, 1.807) is 11.8 Å². The maximum atomic E-state index is 9.08. The summed E-state index contributed by atoms with van der Waals surface area (Å²) in [5, 5.41) is 13.6. The minimum absolute atomic E-state index is 0.0505. The number of aromatic nitrogens is 3. The summed E-state index contributed by atoms with van der Waals surface area (Å²) in [7, 11) is 1.62. The molecule has 1 N–H and O–H groups in total. The quantitative estimate of drug-likeness (QED) is 0.657. The van der Waals surface area contributed by atoms with E-state index in [1.807, 2.05) is 62.4 Å². The Bertz CT molecular complexity index is 875. The number of rotatable bonds is 8. The number of hydrogen-bond donors (Lipinski definition) is 1. The molecule has 0 aliphatic rings. The van der Waals surface area contributed by atoms with Crippen LogP contribution in [0.2, 0.25) is 0 Å². The second-order valence-corrected chi connectivity index (χ2v) is 6.06. The maximum absolute atomic E-state index is 9.08. The second-order valence-electron chi connectivity index (χ2n) is 6.06. The number of benzene rings is 2. The molecule has 1 heterocycles. The third kappa shape index (κ3) is 4.38. The summed E-state index contributed by atoms with van der Waals surface area (Å²) in [6.45, 7) is 3.97. The van der Waals surface area contributed by atoms with Gasteiger partial charge in [-0.3, -0.25) is 0 Å². The number of nitrogens with zero attached hydrogens (tertiary/aromatic N) is 3. The predicted molar refractivity (Wildman–Crippen MR) is 102 cm³/mol. The van der Waals surface area contributed by atoms with Crippen LogP contribution in [0.15, 0.2) is 48.5 Å². The summed E-state index contributed by atoms with van der Waals surface area (Å²) in [5.74, 6) is 1.96. The first-order valence-electron chi connectivity index (χ1n) is 8.73. The van der Waals surface area contributed by atoms with Gasteiger partial charge in [-0.05, 0) is 50.2 Å². The minimum atomic E-state index is -0.0682. The first-order chi connectivity index (χ1) is 13.1. The van der Waals surface area contributed by atoms with Crippen LogP contribution >= 0.6 is 0 Å². The molecule has 0 saturated carbocycles. The van der Waals surface area contributed by atoms with Gasteiger partial charge in [0, 0.05) is 0 Å². The van der Waals surface area contributed by atoms with Crippen molar-refractivity contribution in [3.05, 3.63) is 48.5 Å². The van der Waals surface area contributed by atoms with Crippen molar-refractivity contribution < 1.29 is 19.3 Å². The highest BCUT2D eigenvalue weighted by atomic mass is 16.5. The fourth-order valence-corrected chi connectivity index (χ4v) is 2.56. The third-order valence-corrected chi connectivity index (χ3v) is 3.72. The van der Waals surface area contributed by atoms with Crippen LogP contribution in [0.4, 0.5) is 0 Å². The minimum Gasteiger partial charge on any atom is -0.497 e. The standard InChI is InChI=1S/C20H23N3O4/c1-14(2)27-20-21-19(17-6-4-5-7-18(17)26-13-12-24)23(22-20)15-8-10-16(25-3)11-9-15/h4-11,14,24H,12-13H2,1-3H3. The van der Waals surface area contributed by atoms with Crippen LogP contribution < -0.4 is 14.2 Å². The fourth-order valence-electron chi connectivity index (χ4n) is 2.56. The molecule has 142 valence electrons. The van der Waals surface area contributed by atoms with Gasteiger partial charge in [-0.15, -0.1) is 5.10 Å². The van der Waals surface area contributed by atoms with Crippen LogP contribution in [0.3, 0.4) is 0 Å². The monoisotopic (exact) mass is 369 g/mol. The van der Waals surface area contributed by atoms with Crippen molar-refractivity contribution in [3.63, 3.8) is 0 Å². The van der Waals surface area contributed by atoms with E-state index in [1.165, 1.54) is 0 Å². The van der Waals surface area contributed by atoms with Crippen molar-refractivity contribution in [2.24, 2.45) is 0 Å². The van der Waals surface area contributed by atoms with E-state index in [0.29, 0.717) is 11.6 Å². The molecule has 0 saturated heterocycles.